The zero-order valence-corrected chi connectivity index (χ0v) is 12.0. The highest BCUT2D eigenvalue weighted by molar-refractivity contribution is 5.43. The highest BCUT2D eigenvalue weighted by atomic mass is 16.5. The molecule has 0 aromatic carbocycles. The van der Waals surface area contributed by atoms with Gasteiger partial charge in [-0.2, -0.15) is 15.0 Å². The molecular formula is C12H22N6O2. The Morgan fingerprint density at radius 3 is 2.65 bits per heavy atom. The standard InChI is InChI=1S/C12H22N6O2/c1-3-12(2,8-19)17-10-14-9(13)15-11(16-10)18-4-6-20-7-5-18/h19H,3-8H2,1-2H3,(H3,13,14,15,16,17). The van der Waals surface area contributed by atoms with E-state index in [1.807, 2.05) is 18.7 Å². The molecule has 1 saturated heterocycles. The molecule has 0 amide bonds. The lowest BCUT2D eigenvalue weighted by molar-refractivity contribution is 0.122. The maximum Gasteiger partial charge on any atom is 0.232 e. The van der Waals surface area contributed by atoms with Crippen LogP contribution < -0.4 is 16.0 Å². The summed E-state index contributed by atoms with van der Waals surface area (Å²) in [4.78, 5) is 14.6. The number of rotatable bonds is 5. The molecule has 1 aliphatic rings. The fourth-order valence-corrected chi connectivity index (χ4v) is 1.85. The van der Waals surface area contributed by atoms with E-state index in [0.717, 1.165) is 19.5 Å². The van der Waals surface area contributed by atoms with Gasteiger partial charge in [-0.15, -0.1) is 0 Å². The molecule has 0 bridgehead atoms. The van der Waals surface area contributed by atoms with Crippen molar-refractivity contribution in [1.82, 2.24) is 15.0 Å². The first-order valence-electron chi connectivity index (χ1n) is 6.79. The van der Waals surface area contributed by atoms with E-state index in [9.17, 15) is 5.11 Å². The summed E-state index contributed by atoms with van der Waals surface area (Å²) in [6.07, 6.45) is 0.738. The van der Waals surface area contributed by atoms with Crippen LogP contribution in [0, 0.1) is 0 Å². The van der Waals surface area contributed by atoms with E-state index in [2.05, 4.69) is 20.3 Å². The van der Waals surface area contributed by atoms with Gasteiger partial charge in [-0.05, 0) is 13.3 Å². The molecule has 4 N–H and O–H groups in total. The molecule has 0 spiro atoms. The SMILES string of the molecule is CCC(C)(CO)Nc1nc(N)nc(N2CCOCC2)n1. The van der Waals surface area contributed by atoms with Gasteiger partial charge in [0.15, 0.2) is 0 Å². The van der Waals surface area contributed by atoms with Gasteiger partial charge in [0.2, 0.25) is 17.8 Å². The number of ether oxygens (including phenoxy) is 1. The van der Waals surface area contributed by atoms with Gasteiger partial charge in [-0.25, -0.2) is 0 Å². The summed E-state index contributed by atoms with van der Waals surface area (Å²) in [5.74, 6) is 1.09. The number of anilines is 3. The Balaban J connectivity index is 2.19. The van der Waals surface area contributed by atoms with Gasteiger partial charge in [0.1, 0.15) is 0 Å². The fraction of sp³-hybridized carbons (Fsp3) is 0.750. The number of aromatic nitrogens is 3. The molecular weight excluding hydrogens is 260 g/mol. The number of nitrogens with one attached hydrogen (secondary N) is 1. The molecule has 20 heavy (non-hydrogen) atoms. The van der Waals surface area contributed by atoms with Crippen molar-refractivity contribution in [2.75, 3.05) is 48.9 Å². The Bertz CT molecular complexity index is 446. The summed E-state index contributed by atoms with van der Waals surface area (Å²) in [5.41, 5.74) is 5.27. The van der Waals surface area contributed by atoms with Crippen molar-refractivity contribution in [3.63, 3.8) is 0 Å². The third kappa shape index (κ3) is 3.45. The number of morpholine rings is 1. The quantitative estimate of drug-likeness (QED) is 0.685. The van der Waals surface area contributed by atoms with Crippen molar-refractivity contribution < 1.29 is 9.84 Å². The van der Waals surface area contributed by atoms with Crippen LogP contribution in [0.4, 0.5) is 17.8 Å². The summed E-state index contributed by atoms with van der Waals surface area (Å²) in [6.45, 7) is 6.64. The minimum atomic E-state index is -0.476. The highest BCUT2D eigenvalue weighted by Gasteiger charge is 2.23. The van der Waals surface area contributed by atoms with Gasteiger partial charge in [0, 0.05) is 13.1 Å². The van der Waals surface area contributed by atoms with Crippen molar-refractivity contribution in [2.45, 2.75) is 25.8 Å². The van der Waals surface area contributed by atoms with Crippen molar-refractivity contribution in [2.24, 2.45) is 0 Å². The Labute approximate surface area is 118 Å². The molecule has 2 rings (SSSR count). The minimum Gasteiger partial charge on any atom is -0.394 e. The molecule has 0 aliphatic carbocycles. The second-order valence-electron chi connectivity index (χ2n) is 5.11. The molecule has 1 aliphatic heterocycles. The highest BCUT2D eigenvalue weighted by Crippen LogP contribution is 2.18. The normalized spacial score (nSPS) is 18.6. The second kappa shape index (κ2) is 6.19. The maximum absolute atomic E-state index is 9.44. The molecule has 2 heterocycles. The second-order valence-corrected chi connectivity index (χ2v) is 5.11. The fourth-order valence-electron chi connectivity index (χ4n) is 1.85. The Kier molecular flexibility index (Phi) is 4.56. The molecule has 1 fully saturated rings. The van der Waals surface area contributed by atoms with Crippen LogP contribution in [0.5, 0.6) is 0 Å². The summed E-state index contributed by atoms with van der Waals surface area (Å²) in [7, 11) is 0. The minimum absolute atomic E-state index is 0.0119. The van der Waals surface area contributed by atoms with Crippen LogP contribution in [0.1, 0.15) is 20.3 Å². The monoisotopic (exact) mass is 282 g/mol. The van der Waals surface area contributed by atoms with Crippen LogP contribution in [-0.4, -0.2) is 58.5 Å². The molecule has 8 heteroatoms. The lowest BCUT2D eigenvalue weighted by Gasteiger charge is -2.29. The number of hydrogen-bond donors (Lipinski definition) is 3. The van der Waals surface area contributed by atoms with E-state index >= 15 is 0 Å². The molecule has 1 unspecified atom stereocenters. The van der Waals surface area contributed by atoms with Crippen LogP contribution in [0.15, 0.2) is 0 Å². The van der Waals surface area contributed by atoms with E-state index in [-0.39, 0.29) is 12.6 Å². The third-order valence-electron chi connectivity index (χ3n) is 3.48. The third-order valence-corrected chi connectivity index (χ3v) is 3.48. The Morgan fingerprint density at radius 2 is 2.05 bits per heavy atom. The van der Waals surface area contributed by atoms with Gasteiger partial charge >= 0.3 is 0 Å². The average Bonchev–Trinajstić information content (AvgIpc) is 2.47. The molecule has 0 saturated carbocycles. The predicted octanol–water partition coefficient (Wildman–Crippen LogP) is -0.137. The van der Waals surface area contributed by atoms with Gasteiger partial charge in [0.25, 0.3) is 0 Å². The van der Waals surface area contributed by atoms with Crippen LogP contribution in [0.2, 0.25) is 0 Å². The first-order valence-corrected chi connectivity index (χ1v) is 6.79. The van der Waals surface area contributed by atoms with E-state index in [1.54, 1.807) is 0 Å². The number of nitrogens with two attached hydrogens (primary N) is 1. The summed E-state index contributed by atoms with van der Waals surface area (Å²) < 4.78 is 5.30. The summed E-state index contributed by atoms with van der Waals surface area (Å²) in [5, 5.41) is 12.6. The first kappa shape index (κ1) is 14.7. The van der Waals surface area contributed by atoms with E-state index in [0.29, 0.717) is 25.1 Å². The van der Waals surface area contributed by atoms with Crippen molar-refractivity contribution >= 4 is 17.8 Å². The molecule has 0 radical (unpaired) electrons. The number of aliphatic hydroxyl groups excluding tert-OH is 1. The lowest BCUT2D eigenvalue weighted by atomic mass is 10.0. The van der Waals surface area contributed by atoms with Gasteiger partial charge in [0.05, 0.1) is 25.4 Å². The number of hydrogen-bond acceptors (Lipinski definition) is 8. The first-order chi connectivity index (χ1) is 9.56. The number of nitrogen functional groups attached to an aromatic ring is 1. The zero-order chi connectivity index (χ0) is 14.6. The summed E-state index contributed by atoms with van der Waals surface area (Å²) >= 11 is 0. The predicted molar refractivity (Wildman–Crippen MR) is 76.7 cm³/mol. The number of nitrogens with zero attached hydrogens (tertiary/aromatic N) is 4. The smallest absolute Gasteiger partial charge is 0.232 e. The molecule has 1 atom stereocenters. The Morgan fingerprint density at radius 1 is 1.35 bits per heavy atom. The van der Waals surface area contributed by atoms with Crippen LogP contribution in [0.3, 0.4) is 0 Å². The van der Waals surface area contributed by atoms with Crippen molar-refractivity contribution in [3.8, 4) is 0 Å². The molecule has 1 aromatic rings. The largest absolute Gasteiger partial charge is 0.394 e. The van der Waals surface area contributed by atoms with Crippen molar-refractivity contribution in [1.29, 1.82) is 0 Å². The van der Waals surface area contributed by atoms with Gasteiger partial charge in [-0.1, -0.05) is 6.92 Å². The van der Waals surface area contributed by atoms with E-state index < -0.39 is 5.54 Å². The number of aliphatic hydroxyl groups is 1. The molecule has 112 valence electrons. The van der Waals surface area contributed by atoms with Crippen LogP contribution in [-0.2, 0) is 4.74 Å². The van der Waals surface area contributed by atoms with Gasteiger partial charge < -0.3 is 25.8 Å². The maximum atomic E-state index is 9.44. The molecule has 1 aromatic heterocycles. The average molecular weight is 282 g/mol. The van der Waals surface area contributed by atoms with Crippen molar-refractivity contribution in [3.05, 3.63) is 0 Å². The lowest BCUT2D eigenvalue weighted by Crippen LogP contribution is -2.40. The van der Waals surface area contributed by atoms with Crippen LogP contribution in [0.25, 0.3) is 0 Å². The molecule has 8 nitrogen and oxygen atoms in total. The topological polar surface area (TPSA) is 109 Å². The van der Waals surface area contributed by atoms with E-state index in [4.69, 9.17) is 10.5 Å². The summed E-state index contributed by atoms with van der Waals surface area (Å²) in [6, 6.07) is 0. The van der Waals surface area contributed by atoms with Gasteiger partial charge in [-0.3, -0.25) is 0 Å². The van der Waals surface area contributed by atoms with E-state index in [1.165, 1.54) is 0 Å². The Hall–Kier alpha value is -1.67. The zero-order valence-electron chi connectivity index (χ0n) is 12.0. The van der Waals surface area contributed by atoms with Crippen LogP contribution >= 0.6 is 0 Å².